The minimum Gasteiger partial charge on any atom is -0.212 e. The molecule has 4 heteroatoms. The van der Waals surface area contributed by atoms with Gasteiger partial charge in [-0.1, -0.05) is 31.2 Å². The third-order valence-electron chi connectivity index (χ3n) is 2.26. The Bertz CT molecular complexity index is 317. The summed E-state index contributed by atoms with van der Waals surface area (Å²) in [5, 5.41) is 0. The molecular weight excluding hydrogens is 198 g/mol. The van der Waals surface area contributed by atoms with Gasteiger partial charge in [0.15, 0.2) is 0 Å². The zero-order chi connectivity index (χ0) is 11.4. The summed E-state index contributed by atoms with van der Waals surface area (Å²) in [5.41, 5.74) is 1.01. The predicted molar refractivity (Wildman–Crippen MR) is 60.6 cm³/mol. The van der Waals surface area contributed by atoms with Gasteiger partial charge in [0.25, 0.3) is 0 Å². The predicted octanol–water partition coefficient (Wildman–Crippen LogP) is 1.79. The number of nitrogens with zero attached hydrogens (tertiary/aromatic N) is 1. The molecule has 0 aromatic heterocycles. The van der Waals surface area contributed by atoms with Crippen LogP contribution in [-0.4, -0.2) is 32.1 Å². The van der Waals surface area contributed by atoms with Gasteiger partial charge in [0.05, 0.1) is 6.26 Å². The number of rotatable bonds is 5. The lowest BCUT2D eigenvalue weighted by Gasteiger charge is -2.25. The van der Waals surface area contributed by atoms with Crippen molar-refractivity contribution in [3.05, 3.63) is 24.3 Å². The molecule has 0 N–H and O–H groups in total. The topological polar surface area (TPSA) is 37.4 Å². The quantitative estimate of drug-likeness (QED) is 0.658. The van der Waals surface area contributed by atoms with Crippen LogP contribution in [0.25, 0.3) is 0 Å². The van der Waals surface area contributed by atoms with Gasteiger partial charge in [-0.25, -0.2) is 8.42 Å². The van der Waals surface area contributed by atoms with Crippen LogP contribution in [0.4, 0.5) is 0 Å². The Kier molecular flexibility index (Phi) is 5.08. The van der Waals surface area contributed by atoms with Crippen molar-refractivity contribution in [3.8, 4) is 0 Å². The maximum Gasteiger partial charge on any atom is 0.211 e. The lowest BCUT2D eigenvalue weighted by atomic mass is 10.1. The third-order valence-corrected chi connectivity index (χ3v) is 3.56. The van der Waals surface area contributed by atoms with Gasteiger partial charge in [0.2, 0.25) is 10.0 Å². The van der Waals surface area contributed by atoms with E-state index in [0.29, 0.717) is 0 Å². The van der Waals surface area contributed by atoms with Crippen molar-refractivity contribution < 1.29 is 8.42 Å². The minimum atomic E-state index is -3.12. The average Bonchev–Trinajstić information content (AvgIpc) is 2.04. The van der Waals surface area contributed by atoms with Crippen LogP contribution in [0.5, 0.6) is 0 Å². The molecule has 0 radical (unpaired) electrons. The Morgan fingerprint density at radius 3 is 2.36 bits per heavy atom. The lowest BCUT2D eigenvalue weighted by molar-refractivity contribution is 0.399. The number of hydrogen-bond donors (Lipinski definition) is 0. The molecule has 1 unspecified atom stereocenters. The molecule has 0 amide bonds. The molecule has 0 saturated heterocycles. The fourth-order valence-corrected chi connectivity index (χ4v) is 2.17. The summed E-state index contributed by atoms with van der Waals surface area (Å²) in [6.07, 6.45) is 5.50. The van der Waals surface area contributed by atoms with Crippen LogP contribution >= 0.6 is 0 Å². The molecule has 0 spiro atoms. The van der Waals surface area contributed by atoms with Gasteiger partial charge in [0.1, 0.15) is 0 Å². The monoisotopic (exact) mass is 217 g/mol. The van der Waals surface area contributed by atoms with Crippen LogP contribution in [0.15, 0.2) is 24.3 Å². The maximum atomic E-state index is 11.3. The van der Waals surface area contributed by atoms with Gasteiger partial charge in [-0.15, -0.1) is 0 Å². The van der Waals surface area contributed by atoms with Crippen molar-refractivity contribution in [2.24, 2.45) is 0 Å². The highest BCUT2D eigenvalue weighted by Crippen LogP contribution is 2.15. The second kappa shape index (κ2) is 5.32. The lowest BCUT2D eigenvalue weighted by Crippen LogP contribution is -2.36. The van der Waals surface area contributed by atoms with E-state index in [4.69, 9.17) is 0 Å². The average molecular weight is 217 g/mol. The summed E-state index contributed by atoms with van der Waals surface area (Å²) in [6.45, 7) is 7.47. The van der Waals surface area contributed by atoms with Crippen LogP contribution in [-0.2, 0) is 10.0 Å². The molecule has 3 nitrogen and oxygen atoms in total. The van der Waals surface area contributed by atoms with Crippen LogP contribution in [0.3, 0.4) is 0 Å². The van der Waals surface area contributed by atoms with Crippen molar-refractivity contribution in [3.63, 3.8) is 0 Å². The van der Waals surface area contributed by atoms with E-state index in [1.165, 1.54) is 10.6 Å². The van der Waals surface area contributed by atoms with Gasteiger partial charge in [0, 0.05) is 13.1 Å². The maximum absolute atomic E-state index is 11.3. The molecular formula is C10H19NO2S. The number of allylic oxidation sites excluding steroid dienone is 2. The Balaban J connectivity index is 4.92. The van der Waals surface area contributed by atoms with E-state index < -0.39 is 10.0 Å². The molecule has 14 heavy (non-hydrogen) atoms. The third kappa shape index (κ3) is 3.64. The Labute approximate surface area is 87.2 Å². The highest BCUT2D eigenvalue weighted by Gasteiger charge is 2.21. The van der Waals surface area contributed by atoms with Crippen LogP contribution < -0.4 is 0 Å². The molecule has 0 aromatic rings. The number of likely N-dealkylation sites (N-methyl/N-ethyl adjacent to an activating group) is 1. The first-order chi connectivity index (χ1) is 6.34. The fourth-order valence-electron chi connectivity index (χ4n) is 1.39. The molecule has 82 valence electrons. The van der Waals surface area contributed by atoms with Crippen molar-refractivity contribution in [2.75, 3.05) is 13.3 Å². The zero-order valence-electron chi connectivity index (χ0n) is 9.32. The minimum absolute atomic E-state index is 0.0667. The fraction of sp³-hybridized carbons (Fsp3) is 0.600. The molecule has 0 aliphatic heterocycles. The summed E-state index contributed by atoms with van der Waals surface area (Å²) in [5.74, 6) is 0. The van der Waals surface area contributed by atoms with Gasteiger partial charge >= 0.3 is 0 Å². The van der Waals surface area contributed by atoms with E-state index in [0.717, 1.165) is 12.0 Å². The molecule has 0 aliphatic rings. The van der Waals surface area contributed by atoms with E-state index in [-0.39, 0.29) is 6.04 Å². The largest absolute Gasteiger partial charge is 0.212 e. The van der Waals surface area contributed by atoms with E-state index in [1.807, 2.05) is 19.9 Å². The van der Waals surface area contributed by atoms with Gasteiger partial charge < -0.3 is 0 Å². The Morgan fingerprint density at radius 1 is 1.57 bits per heavy atom. The van der Waals surface area contributed by atoms with Crippen molar-refractivity contribution in [1.29, 1.82) is 0 Å². The van der Waals surface area contributed by atoms with E-state index >= 15 is 0 Å². The molecule has 1 atom stereocenters. The second-order valence-electron chi connectivity index (χ2n) is 3.35. The number of sulfonamides is 1. The molecule has 0 rings (SSSR count). The standard InChI is InChI=1S/C10H19NO2S/c1-6-8-9(3)10(7-2)11(4)14(5,12)13/h6,8,10H,1,7H2,2-5H3/b9-8+. The van der Waals surface area contributed by atoms with Crippen molar-refractivity contribution in [2.45, 2.75) is 26.3 Å². The van der Waals surface area contributed by atoms with Crippen LogP contribution in [0, 0.1) is 0 Å². The highest BCUT2D eigenvalue weighted by molar-refractivity contribution is 7.88. The first-order valence-corrected chi connectivity index (χ1v) is 6.41. The Hall–Kier alpha value is -0.610. The summed E-state index contributed by atoms with van der Waals surface area (Å²) in [6, 6.07) is -0.0667. The van der Waals surface area contributed by atoms with Gasteiger partial charge in [-0.2, -0.15) is 4.31 Å². The normalized spacial score (nSPS) is 15.6. The van der Waals surface area contributed by atoms with Gasteiger partial charge in [-0.3, -0.25) is 0 Å². The summed E-state index contributed by atoms with van der Waals surface area (Å²) in [4.78, 5) is 0. The first-order valence-electron chi connectivity index (χ1n) is 4.56. The van der Waals surface area contributed by atoms with Gasteiger partial charge in [-0.05, 0) is 13.3 Å². The molecule has 0 heterocycles. The SMILES string of the molecule is C=C/C=C(\C)C(CC)N(C)S(C)(=O)=O. The molecule has 0 fully saturated rings. The summed E-state index contributed by atoms with van der Waals surface area (Å²) in [7, 11) is -1.52. The van der Waals surface area contributed by atoms with Crippen molar-refractivity contribution in [1.82, 2.24) is 4.31 Å². The zero-order valence-corrected chi connectivity index (χ0v) is 10.1. The van der Waals surface area contributed by atoms with E-state index in [9.17, 15) is 8.42 Å². The van der Waals surface area contributed by atoms with E-state index in [1.54, 1.807) is 13.1 Å². The molecule has 0 saturated carbocycles. The van der Waals surface area contributed by atoms with Crippen molar-refractivity contribution >= 4 is 10.0 Å². The second-order valence-corrected chi connectivity index (χ2v) is 5.39. The van der Waals surface area contributed by atoms with E-state index in [2.05, 4.69) is 6.58 Å². The van der Waals surface area contributed by atoms with Crippen LogP contribution in [0.2, 0.25) is 0 Å². The van der Waals surface area contributed by atoms with Crippen LogP contribution in [0.1, 0.15) is 20.3 Å². The summed E-state index contributed by atoms with van der Waals surface area (Å²) < 4.78 is 24.0. The smallest absolute Gasteiger partial charge is 0.211 e. The highest BCUT2D eigenvalue weighted by atomic mass is 32.2. The molecule has 0 aromatic carbocycles. The number of hydrogen-bond acceptors (Lipinski definition) is 2. The molecule has 0 aliphatic carbocycles. The Morgan fingerprint density at radius 2 is 2.07 bits per heavy atom. The summed E-state index contributed by atoms with van der Waals surface area (Å²) >= 11 is 0. The first kappa shape index (κ1) is 13.4. The molecule has 0 bridgehead atoms.